The molecule has 0 amide bonds. The highest BCUT2D eigenvalue weighted by Crippen LogP contribution is 2.19. The molecule has 6 heteroatoms. The van der Waals surface area contributed by atoms with E-state index >= 15 is 0 Å². The van der Waals surface area contributed by atoms with Gasteiger partial charge < -0.3 is 9.32 Å². The monoisotopic (exact) mass is 253 g/mol. The highest BCUT2D eigenvalue weighted by atomic mass is 19.2. The molecule has 2 rings (SSSR count). The number of aryl methyl sites for hydroxylation is 1. The third kappa shape index (κ3) is 2.64. The molecule has 0 aliphatic rings. The lowest BCUT2D eigenvalue weighted by molar-refractivity contribution is 0.462. The van der Waals surface area contributed by atoms with Crippen molar-refractivity contribution in [3.63, 3.8) is 0 Å². The van der Waals surface area contributed by atoms with Crippen LogP contribution in [0, 0.1) is 18.6 Å². The lowest BCUT2D eigenvalue weighted by Crippen LogP contribution is -2.22. The van der Waals surface area contributed by atoms with Crippen molar-refractivity contribution in [1.82, 2.24) is 10.2 Å². The van der Waals surface area contributed by atoms with Crippen LogP contribution in [0.25, 0.3) is 0 Å². The highest BCUT2D eigenvalue weighted by Gasteiger charge is 2.12. The Kier molecular flexibility index (Phi) is 3.55. The van der Waals surface area contributed by atoms with Crippen LogP contribution in [0.15, 0.2) is 22.6 Å². The minimum atomic E-state index is -0.868. The molecular formula is C12H13F2N3O. The van der Waals surface area contributed by atoms with E-state index in [4.69, 9.17) is 4.42 Å². The van der Waals surface area contributed by atoms with Crippen molar-refractivity contribution in [2.45, 2.75) is 20.4 Å². The number of rotatable bonds is 4. The number of hydrogen-bond acceptors (Lipinski definition) is 4. The number of nitrogens with zero attached hydrogens (tertiary/aromatic N) is 3. The maximum atomic E-state index is 13.2. The van der Waals surface area contributed by atoms with Gasteiger partial charge in [0.15, 0.2) is 11.6 Å². The molecule has 0 spiro atoms. The second kappa shape index (κ2) is 5.12. The predicted molar refractivity (Wildman–Crippen MR) is 62.1 cm³/mol. The molecule has 0 aliphatic carbocycles. The Morgan fingerprint density at radius 3 is 2.56 bits per heavy atom. The Bertz CT molecular complexity index is 542. The van der Waals surface area contributed by atoms with Crippen LogP contribution in [0.3, 0.4) is 0 Å². The molecule has 2 aromatic rings. The molecule has 1 heterocycles. The molecule has 18 heavy (non-hydrogen) atoms. The third-order valence-electron chi connectivity index (χ3n) is 2.54. The van der Waals surface area contributed by atoms with Crippen LogP contribution in [0.5, 0.6) is 0 Å². The van der Waals surface area contributed by atoms with Gasteiger partial charge in [0.25, 0.3) is 0 Å². The summed E-state index contributed by atoms with van der Waals surface area (Å²) in [4.78, 5) is 1.81. The second-order valence-corrected chi connectivity index (χ2v) is 3.83. The summed E-state index contributed by atoms with van der Waals surface area (Å²) < 4.78 is 31.3. The molecule has 0 fully saturated rings. The number of anilines is 1. The van der Waals surface area contributed by atoms with E-state index in [0.29, 0.717) is 30.6 Å². The van der Waals surface area contributed by atoms with Crippen molar-refractivity contribution in [2.24, 2.45) is 0 Å². The molecule has 0 saturated heterocycles. The van der Waals surface area contributed by atoms with Gasteiger partial charge in [-0.25, -0.2) is 8.78 Å². The number of aromatic nitrogens is 2. The number of benzene rings is 1. The minimum absolute atomic E-state index is 0.364. The van der Waals surface area contributed by atoms with E-state index < -0.39 is 11.6 Å². The molecule has 1 aromatic carbocycles. The largest absolute Gasteiger partial charge is 0.424 e. The van der Waals surface area contributed by atoms with E-state index in [0.717, 1.165) is 12.1 Å². The van der Waals surface area contributed by atoms with Gasteiger partial charge >= 0.3 is 0 Å². The molecule has 0 atom stereocenters. The van der Waals surface area contributed by atoms with E-state index in [-0.39, 0.29) is 0 Å². The maximum Gasteiger partial charge on any atom is 0.235 e. The van der Waals surface area contributed by atoms with Gasteiger partial charge in [0.1, 0.15) is 0 Å². The Hall–Kier alpha value is -1.98. The number of hydrogen-bond donors (Lipinski definition) is 0. The summed E-state index contributed by atoms with van der Waals surface area (Å²) in [6, 6.07) is 3.78. The van der Waals surface area contributed by atoms with Crippen LogP contribution < -0.4 is 4.90 Å². The van der Waals surface area contributed by atoms with Gasteiger partial charge in [0.2, 0.25) is 11.8 Å². The molecule has 0 unspecified atom stereocenters. The fourth-order valence-corrected chi connectivity index (χ4v) is 1.63. The first-order chi connectivity index (χ1) is 8.60. The summed E-state index contributed by atoms with van der Waals surface area (Å²) in [6.45, 7) is 4.59. The summed E-state index contributed by atoms with van der Waals surface area (Å²) in [5.41, 5.74) is 0.576. The molecule has 0 radical (unpaired) electrons. The average molecular weight is 253 g/mol. The highest BCUT2D eigenvalue weighted by molar-refractivity contribution is 5.46. The maximum absolute atomic E-state index is 13.2. The zero-order valence-electron chi connectivity index (χ0n) is 10.2. The van der Waals surface area contributed by atoms with Crippen molar-refractivity contribution in [2.75, 3.05) is 11.4 Å². The summed E-state index contributed by atoms with van der Waals surface area (Å²) in [6.07, 6.45) is 0. The van der Waals surface area contributed by atoms with Crippen LogP contribution in [-0.4, -0.2) is 16.7 Å². The van der Waals surface area contributed by atoms with Crippen LogP contribution in [0.1, 0.15) is 18.7 Å². The summed E-state index contributed by atoms with van der Waals surface area (Å²) in [7, 11) is 0. The van der Waals surface area contributed by atoms with E-state index in [9.17, 15) is 8.78 Å². The smallest absolute Gasteiger partial charge is 0.235 e. The van der Waals surface area contributed by atoms with Gasteiger partial charge in [0, 0.05) is 25.2 Å². The van der Waals surface area contributed by atoms with Crippen molar-refractivity contribution < 1.29 is 13.2 Å². The van der Waals surface area contributed by atoms with Gasteiger partial charge in [-0.2, -0.15) is 0 Å². The third-order valence-corrected chi connectivity index (χ3v) is 2.54. The van der Waals surface area contributed by atoms with E-state index in [1.54, 1.807) is 6.92 Å². The lowest BCUT2D eigenvalue weighted by atomic mass is 10.2. The van der Waals surface area contributed by atoms with Crippen molar-refractivity contribution >= 4 is 5.69 Å². The van der Waals surface area contributed by atoms with Crippen molar-refractivity contribution in [3.05, 3.63) is 41.6 Å². The molecule has 0 aliphatic heterocycles. The first-order valence-electron chi connectivity index (χ1n) is 5.59. The fourth-order valence-electron chi connectivity index (χ4n) is 1.63. The first kappa shape index (κ1) is 12.5. The molecule has 1 aromatic heterocycles. The quantitative estimate of drug-likeness (QED) is 0.840. The Labute approximate surface area is 103 Å². The molecule has 0 N–H and O–H groups in total. The Balaban J connectivity index is 2.19. The first-order valence-corrected chi connectivity index (χ1v) is 5.59. The van der Waals surface area contributed by atoms with E-state index in [1.807, 2.05) is 11.8 Å². The summed E-state index contributed by atoms with van der Waals surface area (Å²) in [5, 5.41) is 7.59. The molecule has 0 bridgehead atoms. The standard InChI is InChI=1S/C12H13F2N3O/c1-3-17(7-12-16-15-8(2)18-12)9-4-5-10(13)11(14)6-9/h4-6H,3,7H2,1-2H3. The average Bonchev–Trinajstić information content (AvgIpc) is 2.75. The Morgan fingerprint density at radius 1 is 1.22 bits per heavy atom. The lowest BCUT2D eigenvalue weighted by Gasteiger charge is -2.21. The molecule has 4 nitrogen and oxygen atoms in total. The topological polar surface area (TPSA) is 42.2 Å². The normalized spacial score (nSPS) is 10.7. The van der Waals surface area contributed by atoms with Crippen LogP contribution in [-0.2, 0) is 6.54 Å². The molecule has 0 saturated carbocycles. The van der Waals surface area contributed by atoms with Gasteiger partial charge in [-0.05, 0) is 19.1 Å². The zero-order chi connectivity index (χ0) is 13.1. The van der Waals surface area contributed by atoms with Gasteiger partial charge in [-0.15, -0.1) is 10.2 Å². The molecular weight excluding hydrogens is 240 g/mol. The van der Waals surface area contributed by atoms with Crippen molar-refractivity contribution in [3.8, 4) is 0 Å². The van der Waals surface area contributed by atoms with E-state index in [1.165, 1.54) is 6.07 Å². The number of halogens is 2. The SMILES string of the molecule is CCN(Cc1nnc(C)o1)c1ccc(F)c(F)c1. The predicted octanol–water partition coefficient (Wildman–Crippen LogP) is 2.68. The van der Waals surface area contributed by atoms with Crippen LogP contribution in [0.2, 0.25) is 0 Å². The second-order valence-electron chi connectivity index (χ2n) is 3.83. The van der Waals surface area contributed by atoms with Gasteiger partial charge in [-0.1, -0.05) is 0 Å². The fraction of sp³-hybridized carbons (Fsp3) is 0.333. The Morgan fingerprint density at radius 2 is 2.00 bits per heavy atom. The van der Waals surface area contributed by atoms with Crippen molar-refractivity contribution in [1.29, 1.82) is 0 Å². The zero-order valence-corrected chi connectivity index (χ0v) is 10.2. The van der Waals surface area contributed by atoms with Gasteiger partial charge in [-0.3, -0.25) is 0 Å². The van der Waals surface area contributed by atoms with Crippen LogP contribution in [0.4, 0.5) is 14.5 Å². The molecule has 96 valence electrons. The minimum Gasteiger partial charge on any atom is -0.424 e. The van der Waals surface area contributed by atoms with E-state index in [2.05, 4.69) is 10.2 Å². The summed E-state index contributed by atoms with van der Waals surface area (Å²) in [5.74, 6) is -0.804. The van der Waals surface area contributed by atoms with Gasteiger partial charge in [0.05, 0.1) is 6.54 Å². The van der Waals surface area contributed by atoms with Crippen LogP contribution >= 0.6 is 0 Å². The summed E-state index contributed by atoms with van der Waals surface area (Å²) >= 11 is 0.